The van der Waals surface area contributed by atoms with E-state index in [0.29, 0.717) is 27.2 Å². The summed E-state index contributed by atoms with van der Waals surface area (Å²) in [6.07, 6.45) is 3.69. The Balaban J connectivity index is 2.48. The standard InChI is InChI=1S/C13H13BrN2O3/c1-18-10-4-3-8(13(19-2)11(10)14)12(17)9-7-15-5-6-16-9/h3-7,12,17H,1-2H3. The van der Waals surface area contributed by atoms with Gasteiger partial charge in [0.05, 0.1) is 26.1 Å². The van der Waals surface area contributed by atoms with Crippen LogP contribution in [0.4, 0.5) is 0 Å². The van der Waals surface area contributed by atoms with Gasteiger partial charge in [0.1, 0.15) is 22.1 Å². The minimum atomic E-state index is -0.911. The summed E-state index contributed by atoms with van der Waals surface area (Å²) < 4.78 is 11.2. The number of rotatable bonds is 4. The molecule has 1 unspecified atom stereocenters. The minimum absolute atomic E-state index is 0.456. The fraction of sp³-hybridized carbons (Fsp3) is 0.231. The maximum absolute atomic E-state index is 10.3. The highest BCUT2D eigenvalue weighted by molar-refractivity contribution is 9.10. The Labute approximate surface area is 119 Å². The molecule has 1 aromatic carbocycles. The molecule has 0 saturated carbocycles. The van der Waals surface area contributed by atoms with Gasteiger partial charge in [-0.2, -0.15) is 0 Å². The first-order valence-electron chi connectivity index (χ1n) is 5.53. The summed E-state index contributed by atoms with van der Waals surface area (Å²) in [4.78, 5) is 8.03. The zero-order valence-electron chi connectivity index (χ0n) is 10.5. The number of hydrogen-bond donors (Lipinski definition) is 1. The third-order valence-electron chi connectivity index (χ3n) is 2.67. The van der Waals surface area contributed by atoms with Gasteiger partial charge in [0.2, 0.25) is 0 Å². The van der Waals surface area contributed by atoms with E-state index in [-0.39, 0.29) is 0 Å². The van der Waals surface area contributed by atoms with E-state index in [4.69, 9.17) is 9.47 Å². The van der Waals surface area contributed by atoms with E-state index in [1.165, 1.54) is 19.5 Å². The number of benzene rings is 1. The van der Waals surface area contributed by atoms with E-state index in [2.05, 4.69) is 25.9 Å². The molecule has 0 aliphatic carbocycles. The zero-order valence-corrected chi connectivity index (χ0v) is 12.1. The second-order valence-electron chi connectivity index (χ2n) is 3.74. The normalized spacial score (nSPS) is 12.0. The van der Waals surface area contributed by atoms with Crippen LogP contribution in [-0.2, 0) is 0 Å². The highest BCUT2D eigenvalue weighted by Gasteiger charge is 2.20. The molecule has 0 saturated heterocycles. The quantitative estimate of drug-likeness (QED) is 0.935. The van der Waals surface area contributed by atoms with Gasteiger partial charge >= 0.3 is 0 Å². The summed E-state index contributed by atoms with van der Waals surface area (Å²) in [6.45, 7) is 0. The number of aliphatic hydroxyl groups is 1. The van der Waals surface area contributed by atoms with Crippen molar-refractivity contribution in [3.8, 4) is 11.5 Å². The lowest BCUT2D eigenvalue weighted by atomic mass is 10.1. The second-order valence-corrected chi connectivity index (χ2v) is 4.53. The summed E-state index contributed by atoms with van der Waals surface area (Å²) in [5.74, 6) is 1.14. The van der Waals surface area contributed by atoms with Gasteiger partial charge in [0.25, 0.3) is 0 Å². The highest BCUT2D eigenvalue weighted by atomic mass is 79.9. The van der Waals surface area contributed by atoms with Gasteiger partial charge < -0.3 is 14.6 Å². The Kier molecular flexibility index (Phi) is 4.34. The Morgan fingerprint density at radius 2 is 2.00 bits per heavy atom. The van der Waals surface area contributed by atoms with Crippen molar-refractivity contribution < 1.29 is 14.6 Å². The molecule has 6 heteroatoms. The molecular formula is C13H13BrN2O3. The smallest absolute Gasteiger partial charge is 0.143 e. The van der Waals surface area contributed by atoms with Crippen LogP contribution in [0.15, 0.2) is 35.2 Å². The predicted octanol–water partition coefficient (Wildman–Crippen LogP) is 2.34. The monoisotopic (exact) mass is 324 g/mol. The van der Waals surface area contributed by atoms with Gasteiger partial charge in [-0.3, -0.25) is 9.97 Å². The molecule has 2 aromatic rings. The van der Waals surface area contributed by atoms with Gasteiger partial charge in [-0.25, -0.2) is 0 Å². The number of aromatic nitrogens is 2. The molecule has 0 aliphatic heterocycles. The molecule has 0 amide bonds. The molecule has 1 heterocycles. The molecule has 1 N–H and O–H groups in total. The highest BCUT2D eigenvalue weighted by Crippen LogP contribution is 2.40. The van der Waals surface area contributed by atoms with E-state index in [1.807, 2.05) is 0 Å². The molecule has 19 heavy (non-hydrogen) atoms. The first kappa shape index (κ1) is 13.8. The van der Waals surface area contributed by atoms with Crippen molar-refractivity contribution in [2.45, 2.75) is 6.10 Å². The number of hydrogen-bond acceptors (Lipinski definition) is 5. The van der Waals surface area contributed by atoms with Crippen molar-refractivity contribution in [3.63, 3.8) is 0 Å². The van der Waals surface area contributed by atoms with Crippen LogP contribution in [0.2, 0.25) is 0 Å². The first-order chi connectivity index (χ1) is 9.19. The number of nitrogens with zero attached hydrogens (tertiary/aromatic N) is 2. The molecule has 0 fully saturated rings. The van der Waals surface area contributed by atoms with Crippen molar-refractivity contribution in [2.75, 3.05) is 14.2 Å². The summed E-state index contributed by atoms with van der Waals surface area (Å²) in [6, 6.07) is 3.49. The molecule has 100 valence electrons. The molecule has 0 radical (unpaired) electrons. The third kappa shape index (κ3) is 2.69. The lowest BCUT2D eigenvalue weighted by molar-refractivity contribution is 0.209. The minimum Gasteiger partial charge on any atom is -0.495 e. The van der Waals surface area contributed by atoms with Crippen molar-refractivity contribution in [3.05, 3.63) is 46.5 Å². The maximum atomic E-state index is 10.3. The van der Waals surface area contributed by atoms with Crippen LogP contribution >= 0.6 is 15.9 Å². The SMILES string of the molecule is COc1ccc(C(O)c2cnccn2)c(OC)c1Br. The number of aliphatic hydroxyl groups excluding tert-OH is 1. The summed E-state index contributed by atoms with van der Waals surface area (Å²) in [5, 5.41) is 10.3. The van der Waals surface area contributed by atoms with E-state index in [0.717, 1.165) is 0 Å². The predicted molar refractivity (Wildman–Crippen MR) is 73.3 cm³/mol. The lowest BCUT2D eigenvalue weighted by Gasteiger charge is -2.17. The van der Waals surface area contributed by atoms with Gasteiger partial charge in [0.15, 0.2) is 0 Å². The van der Waals surface area contributed by atoms with Crippen LogP contribution in [-0.4, -0.2) is 29.3 Å². The largest absolute Gasteiger partial charge is 0.495 e. The lowest BCUT2D eigenvalue weighted by Crippen LogP contribution is -2.05. The van der Waals surface area contributed by atoms with E-state index in [9.17, 15) is 5.11 Å². The topological polar surface area (TPSA) is 64.5 Å². The van der Waals surface area contributed by atoms with Gasteiger partial charge in [-0.15, -0.1) is 0 Å². The Bertz CT molecular complexity index is 563. The van der Waals surface area contributed by atoms with E-state index in [1.54, 1.807) is 25.4 Å². The number of ether oxygens (including phenoxy) is 2. The van der Waals surface area contributed by atoms with Gasteiger partial charge in [-0.05, 0) is 28.1 Å². The van der Waals surface area contributed by atoms with Crippen LogP contribution in [0.25, 0.3) is 0 Å². The molecular weight excluding hydrogens is 312 g/mol. The van der Waals surface area contributed by atoms with Crippen LogP contribution in [0, 0.1) is 0 Å². The van der Waals surface area contributed by atoms with Crippen molar-refractivity contribution in [1.82, 2.24) is 9.97 Å². The Morgan fingerprint density at radius 3 is 2.58 bits per heavy atom. The second kappa shape index (κ2) is 5.99. The Morgan fingerprint density at radius 1 is 1.21 bits per heavy atom. The molecule has 0 spiro atoms. The first-order valence-corrected chi connectivity index (χ1v) is 6.32. The Hall–Kier alpha value is -1.66. The summed E-state index contributed by atoms with van der Waals surface area (Å²) >= 11 is 3.40. The fourth-order valence-electron chi connectivity index (χ4n) is 1.74. The van der Waals surface area contributed by atoms with E-state index >= 15 is 0 Å². The average Bonchev–Trinajstić information content (AvgIpc) is 2.47. The van der Waals surface area contributed by atoms with Gasteiger partial charge in [0, 0.05) is 18.0 Å². The summed E-state index contributed by atoms with van der Waals surface area (Å²) in [7, 11) is 3.10. The van der Waals surface area contributed by atoms with Crippen LogP contribution in [0.5, 0.6) is 11.5 Å². The molecule has 0 aliphatic rings. The van der Waals surface area contributed by atoms with Crippen molar-refractivity contribution in [1.29, 1.82) is 0 Å². The number of halogens is 1. The molecule has 5 nitrogen and oxygen atoms in total. The molecule has 1 atom stereocenters. The summed E-state index contributed by atoms with van der Waals surface area (Å²) in [5.41, 5.74) is 1.05. The molecule has 2 rings (SSSR count). The zero-order chi connectivity index (χ0) is 13.8. The maximum Gasteiger partial charge on any atom is 0.143 e. The van der Waals surface area contributed by atoms with Crippen molar-refractivity contribution >= 4 is 15.9 Å². The van der Waals surface area contributed by atoms with Crippen LogP contribution in [0.1, 0.15) is 17.4 Å². The van der Waals surface area contributed by atoms with Crippen LogP contribution < -0.4 is 9.47 Å². The van der Waals surface area contributed by atoms with Gasteiger partial charge in [-0.1, -0.05) is 0 Å². The van der Waals surface area contributed by atoms with Crippen LogP contribution in [0.3, 0.4) is 0 Å². The average molecular weight is 325 g/mol. The number of methoxy groups -OCH3 is 2. The van der Waals surface area contributed by atoms with Crippen molar-refractivity contribution in [2.24, 2.45) is 0 Å². The molecule has 0 bridgehead atoms. The fourth-order valence-corrected chi connectivity index (χ4v) is 2.43. The van der Waals surface area contributed by atoms with E-state index < -0.39 is 6.10 Å². The molecule has 1 aromatic heterocycles. The third-order valence-corrected chi connectivity index (χ3v) is 3.42.